The van der Waals surface area contributed by atoms with Crippen LogP contribution in [0.15, 0.2) is 35.3 Å². The van der Waals surface area contributed by atoms with Gasteiger partial charge in [-0.2, -0.15) is 10.4 Å². The molecule has 0 aliphatic rings. The van der Waals surface area contributed by atoms with Gasteiger partial charge in [0.1, 0.15) is 17.5 Å². The lowest BCUT2D eigenvalue weighted by atomic mass is 10.1. The lowest BCUT2D eigenvalue weighted by molar-refractivity contribution is 0.612. The summed E-state index contributed by atoms with van der Waals surface area (Å²) >= 11 is 0. The quantitative estimate of drug-likeness (QED) is 0.402. The van der Waals surface area contributed by atoms with Crippen molar-refractivity contribution in [3.8, 4) is 11.8 Å². The Balaban J connectivity index is 1.97. The molecule has 26 heavy (non-hydrogen) atoms. The molecule has 1 heterocycles. The van der Waals surface area contributed by atoms with Gasteiger partial charge in [0, 0.05) is 20.1 Å². The van der Waals surface area contributed by atoms with Crippen molar-refractivity contribution < 1.29 is 0 Å². The molecule has 7 heteroatoms. The van der Waals surface area contributed by atoms with E-state index >= 15 is 0 Å². The van der Waals surface area contributed by atoms with Gasteiger partial charge in [-0.05, 0) is 30.9 Å². The number of anilines is 1. The van der Waals surface area contributed by atoms with E-state index < -0.39 is 0 Å². The van der Waals surface area contributed by atoms with Gasteiger partial charge in [0.25, 0.3) is 0 Å². The van der Waals surface area contributed by atoms with E-state index in [9.17, 15) is 5.26 Å². The molecule has 0 saturated carbocycles. The molecular weight excluding hydrogens is 326 g/mol. The van der Waals surface area contributed by atoms with Gasteiger partial charge in [0.2, 0.25) is 0 Å². The number of aromatic nitrogens is 2. The largest absolute Gasteiger partial charge is 0.382 e. The Morgan fingerprint density at radius 1 is 1.31 bits per heavy atom. The molecule has 0 spiro atoms. The molecule has 0 bridgehead atoms. The number of hydrogen-bond donors (Lipinski definition) is 3. The molecule has 1 aromatic heterocycles. The fourth-order valence-electron chi connectivity index (χ4n) is 2.53. The number of nitriles is 1. The molecule has 0 atom stereocenters. The maximum absolute atomic E-state index is 9.44. The minimum absolute atomic E-state index is 0.385. The number of nitrogens with one attached hydrogen (secondary N) is 2. The molecular formula is C19H27N7. The van der Waals surface area contributed by atoms with E-state index in [2.05, 4.69) is 40.6 Å². The zero-order valence-corrected chi connectivity index (χ0v) is 15.7. The van der Waals surface area contributed by atoms with Crippen molar-refractivity contribution in [3.05, 3.63) is 41.6 Å². The third-order valence-corrected chi connectivity index (χ3v) is 3.89. The number of aryl methyl sites for hydroxylation is 1. The van der Waals surface area contributed by atoms with Crippen LogP contribution in [-0.4, -0.2) is 35.9 Å². The zero-order valence-electron chi connectivity index (χ0n) is 15.7. The minimum atomic E-state index is 0.385. The summed E-state index contributed by atoms with van der Waals surface area (Å²) in [4.78, 5) is 4.20. The number of nitrogens with zero attached hydrogens (tertiary/aromatic N) is 4. The molecule has 7 nitrogen and oxygen atoms in total. The van der Waals surface area contributed by atoms with Crippen LogP contribution in [0.3, 0.4) is 0 Å². The molecule has 0 saturated heterocycles. The third kappa shape index (κ3) is 4.99. The van der Waals surface area contributed by atoms with Crippen LogP contribution in [0.4, 0.5) is 5.82 Å². The Morgan fingerprint density at radius 2 is 2.04 bits per heavy atom. The molecule has 138 valence electrons. The Labute approximate surface area is 154 Å². The van der Waals surface area contributed by atoms with E-state index in [1.165, 1.54) is 0 Å². The summed E-state index contributed by atoms with van der Waals surface area (Å²) in [7, 11) is 1.76. The summed E-state index contributed by atoms with van der Waals surface area (Å²) in [5, 5.41) is 20.5. The Kier molecular flexibility index (Phi) is 7.03. The zero-order chi connectivity index (χ0) is 18.9. The normalized spacial score (nSPS) is 11.4. The van der Waals surface area contributed by atoms with E-state index in [0.717, 1.165) is 36.9 Å². The first-order valence-electron chi connectivity index (χ1n) is 8.84. The molecule has 0 amide bonds. The number of hydrogen-bond acceptors (Lipinski definition) is 4. The predicted octanol–water partition coefficient (Wildman–Crippen LogP) is 2.08. The number of nitrogens with two attached hydrogens (primary N) is 1. The van der Waals surface area contributed by atoms with Gasteiger partial charge in [0.05, 0.1) is 11.4 Å². The smallest absolute Gasteiger partial charge is 0.190 e. The van der Waals surface area contributed by atoms with Crippen LogP contribution >= 0.6 is 0 Å². The highest BCUT2D eigenvalue weighted by Gasteiger charge is 2.16. The minimum Gasteiger partial charge on any atom is -0.382 e. The van der Waals surface area contributed by atoms with E-state index in [1.54, 1.807) is 11.7 Å². The van der Waals surface area contributed by atoms with Crippen LogP contribution < -0.4 is 16.4 Å². The molecule has 2 rings (SSSR count). The summed E-state index contributed by atoms with van der Waals surface area (Å²) in [6.07, 6.45) is 1.49. The van der Waals surface area contributed by atoms with Crippen LogP contribution in [0.5, 0.6) is 0 Å². The molecule has 2 aromatic rings. The molecule has 1 aromatic carbocycles. The molecule has 0 radical (unpaired) electrons. The number of guanidine groups is 1. The number of aliphatic imine (C=N–C) groups is 1. The highest BCUT2D eigenvalue weighted by molar-refractivity contribution is 5.79. The summed E-state index contributed by atoms with van der Waals surface area (Å²) in [6.45, 7) is 5.91. The van der Waals surface area contributed by atoms with Crippen molar-refractivity contribution in [1.29, 1.82) is 5.26 Å². The first-order valence-corrected chi connectivity index (χ1v) is 8.84. The van der Waals surface area contributed by atoms with Crippen molar-refractivity contribution >= 4 is 11.8 Å². The monoisotopic (exact) mass is 353 g/mol. The van der Waals surface area contributed by atoms with Crippen molar-refractivity contribution in [3.63, 3.8) is 0 Å². The van der Waals surface area contributed by atoms with Crippen LogP contribution in [0.25, 0.3) is 5.69 Å². The van der Waals surface area contributed by atoms with Crippen molar-refractivity contribution in [2.75, 3.05) is 25.9 Å². The fraction of sp³-hybridized carbons (Fsp3) is 0.421. The Hall–Kier alpha value is -3.01. The van der Waals surface area contributed by atoms with Gasteiger partial charge >= 0.3 is 0 Å². The number of benzene rings is 1. The van der Waals surface area contributed by atoms with E-state index in [-0.39, 0.29) is 0 Å². The highest BCUT2D eigenvalue weighted by atomic mass is 15.3. The maximum Gasteiger partial charge on any atom is 0.190 e. The highest BCUT2D eigenvalue weighted by Crippen LogP contribution is 2.21. The first kappa shape index (κ1) is 19.3. The van der Waals surface area contributed by atoms with Crippen molar-refractivity contribution in [2.45, 2.75) is 26.7 Å². The first-order chi connectivity index (χ1) is 12.6. The van der Waals surface area contributed by atoms with Gasteiger partial charge in [0.15, 0.2) is 5.96 Å². The summed E-state index contributed by atoms with van der Waals surface area (Å²) in [5.41, 5.74) is 8.15. The fourth-order valence-corrected chi connectivity index (χ4v) is 2.53. The summed E-state index contributed by atoms with van der Waals surface area (Å²) in [5.74, 6) is 1.72. The average Bonchev–Trinajstić information content (AvgIpc) is 2.97. The second-order valence-corrected chi connectivity index (χ2v) is 6.44. The second-order valence-electron chi connectivity index (χ2n) is 6.44. The SMILES string of the molecule is CN=C(NCCCc1nn(-c2ccccc2)c(N)c1C#N)NCC(C)C. The van der Waals surface area contributed by atoms with Gasteiger partial charge in [-0.25, -0.2) is 4.68 Å². The van der Waals surface area contributed by atoms with Crippen LogP contribution in [0.1, 0.15) is 31.5 Å². The summed E-state index contributed by atoms with van der Waals surface area (Å²) < 4.78 is 1.63. The molecule has 0 aliphatic carbocycles. The van der Waals surface area contributed by atoms with Crippen LogP contribution in [0.2, 0.25) is 0 Å². The topological polar surface area (TPSA) is 104 Å². The average molecular weight is 353 g/mol. The van der Waals surface area contributed by atoms with Gasteiger partial charge in [-0.1, -0.05) is 32.0 Å². The maximum atomic E-state index is 9.44. The lowest BCUT2D eigenvalue weighted by Gasteiger charge is -2.13. The van der Waals surface area contributed by atoms with E-state index in [1.807, 2.05) is 30.3 Å². The standard InChI is InChI=1S/C19H27N7/c1-14(2)13-24-19(22-3)23-11-7-10-17-16(12-20)18(21)26(25-17)15-8-5-4-6-9-15/h4-6,8-9,14H,7,10-11,13,21H2,1-3H3,(H2,22,23,24). The van der Waals surface area contributed by atoms with Gasteiger partial charge in [-0.15, -0.1) is 0 Å². The molecule has 0 unspecified atom stereocenters. The van der Waals surface area contributed by atoms with Crippen LogP contribution in [-0.2, 0) is 6.42 Å². The molecule has 4 N–H and O–H groups in total. The summed E-state index contributed by atoms with van der Waals surface area (Å²) in [6, 6.07) is 11.8. The van der Waals surface area contributed by atoms with Gasteiger partial charge < -0.3 is 16.4 Å². The van der Waals surface area contributed by atoms with Crippen LogP contribution in [0, 0.1) is 17.2 Å². The van der Waals surface area contributed by atoms with Crippen molar-refractivity contribution in [1.82, 2.24) is 20.4 Å². The lowest BCUT2D eigenvalue weighted by Crippen LogP contribution is -2.39. The molecule has 0 fully saturated rings. The Morgan fingerprint density at radius 3 is 2.65 bits per heavy atom. The van der Waals surface area contributed by atoms with E-state index in [0.29, 0.717) is 23.7 Å². The number of para-hydroxylation sites is 1. The van der Waals surface area contributed by atoms with Gasteiger partial charge in [-0.3, -0.25) is 4.99 Å². The van der Waals surface area contributed by atoms with Crippen molar-refractivity contribution in [2.24, 2.45) is 10.9 Å². The molecule has 0 aliphatic heterocycles. The third-order valence-electron chi connectivity index (χ3n) is 3.89. The predicted molar refractivity (Wildman–Crippen MR) is 105 cm³/mol. The second kappa shape index (κ2) is 9.47. The number of nitrogen functional groups attached to an aromatic ring is 1. The van der Waals surface area contributed by atoms with E-state index in [4.69, 9.17) is 5.73 Å². The Bertz CT molecular complexity index is 769. The number of rotatable bonds is 7.